The van der Waals surface area contributed by atoms with Crippen LogP contribution in [-0.2, 0) is 19.2 Å². The molecule has 1 aromatic carbocycles. The van der Waals surface area contributed by atoms with E-state index in [0.717, 1.165) is 5.56 Å². The first-order chi connectivity index (χ1) is 11.8. The molecule has 4 N–H and O–H groups in total. The van der Waals surface area contributed by atoms with Crippen molar-refractivity contribution in [1.29, 1.82) is 0 Å². The maximum absolute atomic E-state index is 11.9. The van der Waals surface area contributed by atoms with E-state index in [1.807, 2.05) is 37.3 Å². The Hall–Kier alpha value is -2.70. The molecule has 3 amide bonds. The molecule has 0 heterocycles. The molecule has 1 rings (SSSR count). The van der Waals surface area contributed by atoms with Gasteiger partial charge in [-0.25, -0.2) is 0 Å². The molecule has 2 atom stereocenters. The summed E-state index contributed by atoms with van der Waals surface area (Å²) >= 11 is 0. The average Bonchev–Trinajstić information content (AvgIpc) is 2.57. The Morgan fingerprint density at radius 2 is 1.52 bits per heavy atom. The minimum atomic E-state index is -0.900. The highest BCUT2D eigenvalue weighted by Crippen LogP contribution is 2.11. The Morgan fingerprint density at radius 3 is 2.04 bits per heavy atom. The molecule has 7 nitrogen and oxygen atoms in total. The third-order valence-electron chi connectivity index (χ3n) is 3.72. The van der Waals surface area contributed by atoms with Crippen LogP contribution in [0.25, 0.3) is 0 Å². The first-order valence-corrected chi connectivity index (χ1v) is 8.22. The van der Waals surface area contributed by atoms with E-state index in [-0.39, 0.29) is 43.4 Å². The number of amides is 3. The number of hydrogen-bond donors (Lipinski definition) is 3. The van der Waals surface area contributed by atoms with Gasteiger partial charge >= 0.3 is 0 Å². The van der Waals surface area contributed by atoms with Crippen molar-refractivity contribution in [1.82, 2.24) is 10.6 Å². The molecule has 0 aliphatic carbocycles. The quantitative estimate of drug-likeness (QED) is 0.584. The van der Waals surface area contributed by atoms with Gasteiger partial charge in [0.2, 0.25) is 17.7 Å². The monoisotopic (exact) mass is 347 g/mol. The highest BCUT2D eigenvalue weighted by Gasteiger charge is 2.19. The summed E-state index contributed by atoms with van der Waals surface area (Å²) in [7, 11) is 0. The standard InChI is InChI=1S/C18H25N3O4/c1-12(22)8-9-15(18(19)25)21-17(24)11-10-16(23)20-13(2)14-6-4-3-5-7-14/h3-7,13,15H,8-11H2,1-2H3,(H2,19,25)(H,20,23)(H,21,24)/t13-,15-/m1/s1. The van der Waals surface area contributed by atoms with Gasteiger partial charge in [0.1, 0.15) is 11.8 Å². The van der Waals surface area contributed by atoms with E-state index >= 15 is 0 Å². The summed E-state index contributed by atoms with van der Waals surface area (Å²) in [6, 6.07) is 8.42. The van der Waals surface area contributed by atoms with Crippen molar-refractivity contribution in [3.8, 4) is 0 Å². The molecule has 25 heavy (non-hydrogen) atoms. The summed E-state index contributed by atoms with van der Waals surface area (Å²) in [5, 5.41) is 5.28. The SMILES string of the molecule is CC(=O)CC[C@@H](NC(=O)CCC(=O)N[C@H](C)c1ccccc1)C(N)=O. The zero-order valence-corrected chi connectivity index (χ0v) is 14.6. The predicted octanol–water partition coefficient (Wildman–Crippen LogP) is 0.983. The highest BCUT2D eigenvalue weighted by atomic mass is 16.2. The smallest absolute Gasteiger partial charge is 0.240 e. The normalized spacial score (nSPS) is 12.7. The summed E-state index contributed by atoms with van der Waals surface area (Å²) in [5.41, 5.74) is 6.18. The van der Waals surface area contributed by atoms with Crippen molar-refractivity contribution in [2.24, 2.45) is 5.73 Å². The number of nitrogens with one attached hydrogen (secondary N) is 2. The minimum Gasteiger partial charge on any atom is -0.368 e. The van der Waals surface area contributed by atoms with E-state index in [4.69, 9.17) is 5.73 Å². The predicted molar refractivity (Wildman–Crippen MR) is 93.3 cm³/mol. The Kier molecular flexibility index (Phi) is 8.32. The molecule has 0 aliphatic heterocycles. The summed E-state index contributed by atoms with van der Waals surface area (Å²) in [6.45, 7) is 3.26. The second-order valence-corrected chi connectivity index (χ2v) is 5.96. The molecule has 1 aromatic rings. The van der Waals surface area contributed by atoms with Crippen LogP contribution in [0.1, 0.15) is 51.1 Å². The minimum absolute atomic E-state index is 0.00119. The van der Waals surface area contributed by atoms with Crippen LogP contribution in [0.2, 0.25) is 0 Å². The fourth-order valence-electron chi connectivity index (χ4n) is 2.27. The van der Waals surface area contributed by atoms with Gasteiger partial charge < -0.3 is 21.2 Å². The zero-order chi connectivity index (χ0) is 18.8. The molecule has 0 bridgehead atoms. The van der Waals surface area contributed by atoms with Crippen LogP contribution >= 0.6 is 0 Å². The molecule has 0 aromatic heterocycles. The Morgan fingerprint density at radius 1 is 0.960 bits per heavy atom. The first kappa shape index (κ1) is 20.3. The average molecular weight is 347 g/mol. The molecular weight excluding hydrogens is 322 g/mol. The third-order valence-corrected chi connectivity index (χ3v) is 3.72. The van der Waals surface area contributed by atoms with Gasteiger partial charge in [0.05, 0.1) is 6.04 Å². The first-order valence-electron chi connectivity index (χ1n) is 8.22. The summed E-state index contributed by atoms with van der Waals surface area (Å²) in [6.07, 6.45) is 0.259. The van der Waals surface area contributed by atoms with Crippen molar-refractivity contribution in [2.75, 3.05) is 0 Å². The molecule has 0 radical (unpaired) electrons. The van der Waals surface area contributed by atoms with Crippen LogP contribution in [-0.4, -0.2) is 29.5 Å². The number of primary amides is 1. The molecule has 136 valence electrons. The number of carbonyl (C=O) groups is 4. The molecule has 0 saturated heterocycles. The van der Waals surface area contributed by atoms with Gasteiger partial charge in [0.15, 0.2) is 0 Å². The van der Waals surface area contributed by atoms with E-state index in [9.17, 15) is 19.2 Å². The molecule has 0 saturated carbocycles. The Balaban J connectivity index is 2.40. The summed E-state index contributed by atoms with van der Waals surface area (Å²) < 4.78 is 0. The van der Waals surface area contributed by atoms with Crippen LogP contribution < -0.4 is 16.4 Å². The van der Waals surface area contributed by atoms with Gasteiger partial charge in [-0.1, -0.05) is 30.3 Å². The van der Waals surface area contributed by atoms with Crippen molar-refractivity contribution >= 4 is 23.5 Å². The van der Waals surface area contributed by atoms with Gasteiger partial charge in [0.25, 0.3) is 0 Å². The van der Waals surface area contributed by atoms with Crippen LogP contribution in [0.4, 0.5) is 0 Å². The molecule has 0 fully saturated rings. The van der Waals surface area contributed by atoms with E-state index < -0.39 is 17.9 Å². The number of rotatable bonds is 10. The molecule has 0 aliphatic rings. The number of benzene rings is 1. The number of ketones is 1. The van der Waals surface area contributed by atoms with Gasteiger partial charge in [-0.15, -0.1) is 0 Å². The largest absolute Gasteiger partial charge is 0.368 e. The number of carbonyl (C=O) groups excluding carboxylic acids is 4. The van der Waals surface area contributed by atoms with E-state index in [1.54, 1.807) is 0 Å². The highest BCUT2D eigenvalue weighted by molar-refractivity contribution is 5.89. The number of hydrogen-bond acceptors (Lipinski definition) is 4. The van der Waals surface area contributed by atoms with Crippen molar-refractivity contribution < 1.29 is 19.2 Å². The second-order valence-electron chi connectivity index (χ2n) is 5.96. The van der Waals surface area contributed by atoms with Crippen molar-refractivity contribution in [2.45, 2.75) is 51.6 Å². The Labute approximate surface area is 147 Å². The molecule has 0 spiro atoms. The van der Waals surface area contributed by atoms with E-state index in [1.165, 1.54) is 6.92 Å². The fourth-order valence-corrected chi connectivity index (χ4v) is 2.27. The fraction of sp³-hybridized carbons (Fsp3) is 0.444. The van der Waals surface area contributed by atoms with Crippen LogP contribution in [0.15, 0.2) is 30.3 Å². The molecule has 7 heteroatoms. The maximum Gasteiger partial charge on any atom is 0.240 e. The number of Topliss-reactive ketones (excluding diaryl/α,β-unsaturated/α-hetero) is 1. The van der Waals surface area contributed by atoms with Gasteiger partial charge in [-0.2, -0.15) is 0 Å². The maximum atomic E-state index is 11.9. The second kappa shape index (κ2) is 10.2. The topological polar surface area (TPSA) is 118 Å². The van der Waals surface area contributed by atoms with E-state index in [2.05, 4.69) is 10.6 Å². The lowest BCUT2D eigenvalue weighted by molar-refractivity contribution is -0.129. The van der Waals surface area contributed by atoms with Crippen LogP contribution in [0.3, 0.4) is 0 Å². The third kappa shape index (κ3) is 8.10. The van der Waals surface area contributed by atoms with E-state index in [0.29, 0.717) is 0 Å². The summed E-state index contributed by atoms with van der Waals surface area (Å²) in [5.74, 6) is -1.49. The van der Waals surface area contributed by atoms with Crippen molar-refractivity contribution in [3.63, 3.8) is 0 Å². The molecule has 0 unspecified atom stereocenters. The van der Waals surface area contributed by atoms with Gasteiger partial charge in [0, 0.05) is 19.3 Å². The molecular formula is C18H25N3O4. The van der Waals surface area contributed by atoms with Gasteiger partial charge in [-0.3, -0.25) is 14.4 Å². The van der Waals surface area contributed by atoms with Crippen LogP contribution in [0.5, 0.6) is 0 Å². The Bertz CT molecular complexity index is 616. The summed E-state index contributed by atoms with van der Waals surface area (Å²) in [4.78, 5) is 46.1. The zero-order valence-electron chi connectivity index (χ0n) is 14.6. The van der Waals surface area contributed by atoms with Gasteiger partial charge in [-0.05, 0) is 25.8 Å². The lowest BCUT2D eigenvalue weighted by Crippen LogP contribution is -2.44. The van der Waals surface area contributed by atoms with Crippen LogP contribution in [0, 0.1) is 0 Å². The lowest BCUT2D eigenvalue weighted by Gasteiger charge is -2.16. The number of nitrogens with two attached hydrogens (primary N) is 1. The lowest BCUT2D eigenvalue weighted by atomic mass is 10.1. The van der Waals surface area contributed by atoms with Crippen molar-refractivity contribution in [3.05, 3.63) is 35.9 Å².